The first-order chi connectivity index (χ1) is 3.71. The topological polar surface area (TPSA) is 69.4 Å². The van der Waals surface area contributed by atoms with E-state index in [0.29, 0.717) is 0 Å². The normalized spacial score (nSPS) is 13.8. The molecule has 0 saturated carbocycles. The number of halogens is 1. The van der Waals surface area contributed by atoms with Crippen LogP contribution < -0.4 is 5.73 Å². The summed E-state index contributed by atoms with van der Waals surface area (Å²) in [5.41, 5.74) is 3.90. The van der Waals surface area contributed by atoms with E-state index in [1.54, 1.807) is 0 Å². The Kier molecular flexibility index (Phi) is 2.46. The highest BCUT2D eigenvalue weighted by atomic mass is 35.7. The van der Waals surface area contributed by atoms with Crippen LogP contribution >= 0.6 is 10.7 Å². The lowest BCUT2D eigenvalue weighted by atomic mass is 10.4. The van der Waals surface area contributed by atoms with Crippen molar-refractivity contribution in [3.63, 3.8) is 0 Å². The zero-order valence-corrected chi connectivity index (χ0v) is 6.66. The summed E-state index contributed by atoms with van der Waals surface area (Å²) in [6, 6.07) is 0. The van der Waals surface area contributed by atoms with Gasteiger partial charge in [0.25, 0.3) is 0 Å². The van der Waals surface area contributed by atoms with Gasteiger partial charge in [0.15, 0.2) is 0 Å². The molecule has 0 aromatic rings. The smallest absolute Gasteiger partial charge is 0.303 e. The summed E-state index contributed by atoms with van der Waals surface area (Å²) in [5, 5.41) is 0. The zero-order valence-electron chi connectivity index (χ0n) is 5.09. The molecule has 4 nitrogen and oxygen atoms in total. The highest BCUT2D eigenvalue weighted by Gasteiger charge is 2.19. The highest BCUT2D eigenvalue weighted by molar-refractivity contribution is 8.10. The number of hydrogen-bond acceptors (Lipinski definition) is 4. The lowest BCUT2D eigenvalue weighted by Gasteiger charge is -2.14. The van der Waals surface area contributed by atoms with Crippen molar-refractivity contribution in [2.75, 3.05) is 0 Å². The number of hydrogen-bond donors (Lipinski definition) is 1. The van der Waals surface area contributed by atoms with Crippen molar-refractivity contribution in [2.24, 2.45) is 5.73 Å². The Labute approximate surface area is 58.6 Å². The lowest BCUT2D eigenvalue weighted by molar-refractivity contribution is 0.131. The fourth-order valence-electron chi connectivity index (χ4n) is 0.257. The molecule has 0 unspecified atom stereocenters. The number of rotatable bonds is 2. The van der Waals surface area contributed by atoms with Crippen molar-refractivity contribution in [3.05, 3.63) is 0 Å². The molecule has 0 aliphatic carbocycles. The Morgan fingerprint density at radius 3 is 1.89 bits per heavy atom. The molecule has 0 rings (SSSR count). The Bertz CT molecular complexity index is 180. The first kappa shape index (κ1) is 9.16. The third-order valence-corrected chi connectivity index (χ3v) is 1.13. The molecule has 0 heterocycles. The Morgan fingerprint density at radius 2 is 1.89 bits per heavy atom. The van der Waals surface area contributed by atoms with E-state index in [0.717, 1.165) is 0 Å². The van der Waals surface area contributed by atoms with Gasteiger partial charge < -0.3 is 5.73 Å². The first-order valence-electron chi connectivity index (χ1n) is 2.15. The Balaban J connectivity index is 4.07. The van der Waals surface area contributed by atoms with Gasteiger partial charge in [-0.3, -0.25) is 0 Å². The van der Waals surface area contributed by atoms with Crippen molar-refractivity contribution in [3.8, 4) is 0 Å². The summed E-state index contributed by atoms with van der Waals surface area (Å²) in [4.78, 5) is 0. The predicted octanol–water partition coefficient (Wildman–Crippen LogP) is 0.181. The molecule has 2 N–H and O–H groups in total. The summed E-state index contributed by atoms with van der Waals surface area (Å²) in [7, 11) is 0.753. The van der Waals surface area contributed by atoms with E-state index in [1.807, 2.05) is 0 Å². The maximum absolute atomic E-state index is 10.1. The number of nitrogens with two attached hydrogens (primary N) is 1. The van der Waals surface area contributed by atoms with Crippen LogP contribution in [0.1, 0.15) is 13.8 Å². The quantitative estimate of drug-likeness (QED) is 0.478. The third-order valence-electron chi connectivity index (χ3n) is 0.314. The summed E-state index contributed by atoms with van der Waals surface area (Å²) < 4.78 is 24.4. The molecule has 0 saturated heterocycles. The summed E-state index contributed by atoms with van der Waals surface area (Å²) in [6.07, 6.45) is 0. The first-order valence-corrected chi connectivity index (χ1v) is 4.38. The van der Waals surface area contributed by atoms with Gasteiger partial charge in [-0.05, 0) is 13.8 Å². The SMILES string of the molecule is CC(C)(N)OS(=O)(=O)Cl. The average Bonchev–Trinajstić information content (AvgIpc) is 1.14. The zero-order chi connectivity index (χ0) is 7.71. The molecule has 0 aromatic carbocycles. The summed E-state index contributed by atoms with van der Waals surface area (Å²) in [6.45, 7) is 2.76. The van der Waals surface area contributed by atoms with E-state index in [9.17, 15) is 8.42 Å². The standard InChI is InChI=1S/C3H8ClNO3S/c1-3(2,5)8-9(4,6)7/h5H2,1-2H3. The van der Waals surface area contributed by atoms with E-state index in [2.05, 4.69) is 14.9 Å². The Morgan fingerprint density at radius 1 is 1.56 bits per heavy atom. The van der Waals surface area contributed by atoms with Crippen molar-refractivity contribution >= 4 is 20.0 Å². The van der Waals surface area contributed by atoms with Crippen molar-refractivity contribution < 1.29 is 12.6 Å². The van der Waals surface area contributed by atoms with Crippen LogP contribution in [0.2, 0.25) is 0 Å². The van der Waals surface area contributed by atoms with Crippen LogP contribution in [-0.2, 0) is 13.5 Å². The molecule has 0 atom stereocenters. The largest absolute Gasteiger partial charge is 0.357 e. The van der Waals surface area contributed by atoms with Gasteiger partial charge in [-0.1, -0.05) is 0 Å². The fraction of sp³-hybridized carbons (Fsp3) is 1.00. The van der Waals surface area contributed by atoms with Crippen LogP contribution in [0.3, 0.4) is 0 Å². The highest BCUT2D eigenvalue weighted by Crippen LogP contribution is 2.08. The van der Waals surface area contributed by atoms with Crippen LogP contribution in [0.25, 0.3) is 0 Å². The van der Waals surface area contributed by atoms with Gasteiger partial charge in [0.05, 0.1) is 0 Å². The maximum atomic E-state index is 10.1. The van der Waals surface area contributed by atoms with Crippen LogP contribution in [0.15, 0.2) is 0 Å². The van der Waals surface area contributed by atoms with Gasteiger partial charge in [-0.25, -0.2) is 4.18 Å². The van der Waals surface area contributed by atoms with Gasteiger partial charge in [-0.2, -0.15) is 8.42 Å². The van der Waals surface area contributed by atoms with E-state index in [4.69, 9.17) is 5.73 Å². The van der Waals surface area contributed by atoms with Gasteiger partial charge in [-0.15, -0.1) is 0 Å². The molecular formula is C3H8ClNO3S. The van der Waals surface area contributed by atoms with Crippen molar-refractivity contribution in [1.82, 2.24) is 0 Å². The van der Waals surface area contributed by atoms with E-state index >= 15 is 0 Å². The molecule has 0 spiro atoms. The van der Waals surface area contributed by atoms with E-state index in [-0.39, 0.29) is 0 Å². The third kappa shape index (κ3) is 8.16. The second kappa shape index (κ2) is 2.42. The predicted molar refractivity (Wildman–Crippen MR) is 34.1 cm³/mol. The second-order valence-electron chi connectivity index (χ2n) is 2.08. The minimum absolute atomic E-state index is 1.24. The fourth-order valence-corrected chi connectivity index (χ4v) is 1.26. The molecule has 9 heavy (non-hydrogen) atoms. The molecule has 0 bridgehead atoms. The van der Waals surface area contributed by atoms with Crippen LogP contribution in [0.4, 0.5) is 0 Å². The van der Waals surface area contributed by atoms with Gasteiger partial charge in [0, 0.05) is 10.7 Å². The minimum Gasteiger partial charge on any atom is -0.303 e. The average molecular weight is 174 g/mol. The monoisotopic (exact) mass is 173 g/mol. The van der Waals surface area contributed by atoms with Crippen molar-refractivity contribution in [2.45, 2.75) is 19.6 Å². The van der Waals surface area contributed by atoms with Crippen LogP contribution in [-0.4, -0.2) is 14.1 Å². The van der Waals surface area contributed by atoms with Gasteiger partial charge in [0.2, 0.25) is 0 Å². The van der Waals surface area contributed by atoms with Crippen LogP contribution in [0.5, 0.6) is 0 Å². The Hall–Kier alpha value is 0.160. The molecular weight excluding hydrogens is 166 g/mol. The van der Waals surface area contributed by atoms with E-state index < -0.39 is 15.1 Å². The lowest BCUT2D eigenvalue weighted by Crippen LogP contribution is -2.36. The molecule has 0 aliphatic rings. The van der Waals surface area contributed by atoms with Gasteiger partial charge >= 0.3 is 9.33 Å². The molecule has 56 valence electrons. The molecule has 0 aromatic heterocycles. The summed E-state index contributed by atoms with van der Waals surface area (Å²) >= 11 is 0. The van der Waals surface area contributed by atoms with Crippen molar-refractivity contribution in [1.29, 1.82) is 0 Å². The maximum Gasteiger partial charge on any atom is 0.357 e. The minimum atomic E-state index is -3.93. The van der Waals surface area contributed by atoms with E-state index in [1.165, 1.54) is 13.8 Å². The molecule has 0 fully saturated rings. The van der Waals surface area contributed by atoms with Crippen LogP contribution in [0, 0.1) is 0 Å². The second-order valence-corrected chi connectivity index (χ2v) is 4.17. The summed E-state index contributed by atoms with van der Waals surface area (Å²) in [5.74, 6) is 0. The molecule has 0 aliphatic heterocycles. The molecule has 6 heteroatoms. The molecule has 0 radical (unpaired) electrons. The van der Waals surface area contributed by atoms with Gasteiger partial charge in [0.1, 0.15) is 5.72 Å². The molecule has 0 amide bonds.